The smallest absolute Gasteiger partial charge is 0.254 e. The molecule has 18 heavy (non-hydrogen) atoms. The third-order valence-corrected chi connectivity index (χ3v) is 2.48. The van der Waals surface area contributed by atoms with Gasteiger partial charge in [-0.05, 0) is 18.2 Å². The fourth-order valence-electron chi connectivity index (χ4n) is 1.50. The van der Waals surface area contributed by atoms with Crippen LogP contribution in [0.25, 0.3) is 0 Å². The highest BCUT2D eigenvalue weighted by Gasteiger charge is 2.14. The minimum atomic E-state index is -0.235. The topological polar surface area (TPSA) is 108 Å². The number of nitrogens with zero attached hydrogens (tertiary/aromatic N) is 3. The molecule has 4 N–H and O–H groups in total. The van der Waals surface area contributed by atoms with E-state index < -0.39 is 0 Å². The van der Waals surface area contributed by atoms with Crippen molar-refractivity contribution in [1.82, 2.24) is 20.1 Å². The van der Waals surface area contributed by atoms with E-state index >= 15 is 0 Å². The van der Waals surface area contributed by atoms with Crippen molar-refractivity contribution in [3.8, 4) is 5.75 Å². The van der Waals surface area contributed by atoms with Gasteiger partial charge in [0.1, 0.15) is 17.9 Å². The number of aromatic nitrogens is 3. The third-order valence-electron chi connectivity index (χ3n) is 2.48. The Labute approximate surface area is 103 Å². The maximum absolute atomic E-state index is 12.0. The number of anilines is 1. The first-order valence-electron chi connectivity index (χ1n) is 5.26. The monoisotopic (exact) mass is 247 g/mol. The molecule has 0 saturated carbocycles. The molecule has 0 atom stereocenters. The Bertz CT molecular complexity index is 553. The first-order valence-corrected chi connectivity index (χ1v) is 5.26. The van der Waals surface area contributed by atoms with Crippen LogP contribution in [0.4, 0.5) is 5.69 Å². The molecule has 0 saturated heterocycles. The predicted octanol–water partition coefficient (Wildman–Crippen LogP) is 0.365. The van der Waals surface area contributed by atoms with Crippen LogP contribution in [0.2, 0.25) is 0 Å². The molecule has 0 spiro atoms. The molecule has 7 heteroatoms. The van der Waals surface area contributed by atoms with Gasteiger partial charge in [-0.1, -0.05) is 0 Å². The molecule has 0 aliphatic carbocycles. The SMILES string of the molecule is CN(Cc1ncn[nH]1)C(=O)c1ccc(N)c(O)c1. The van der Waals surface area contributed by atoms with Crippen molar-refractivity contribution in [3.63, 3.8) is 0 Å². The number of aromatic hydroxyl groups is 1. The molecule has 0 bridgehead atoms. The van der Waals surface area contributed by atoms with Gasteiger partial charge in [0.2, 0.25) is 0 Å². The predicted molar refractivity (Wildman–Crippen MR) is 64.7 cm³/mol. The van der Waals surface area contributed by atoms with E-state index in [9.17, 15) is 9.90 Å². The van der Waals surface area contributed by atoms with Gasteiger partial charge in [0.05, 0.1) is 12.2 Å². The lowest BCUT2D eigenvalue weighted by Gasteiger charge is -2.15. The van der Waals surface area contributed by atoms with Crippen LogP contribution in [0.1, 0.15) is 16.2 Å². The molecule has 0 unspecified atom stereocenters. The highest BCUT2D eigenvalue weighted by molar-refractivity contribution is 5.95. The maximum atomic E-state index is 12.0. The number of aromatic amines is 1. The summed E-state index contributed by atoms with van der Waals surface area (Å²) in [5, 5.41) is 15.8. The Morgan fingerprint density at radius 1 is 1.56 bits per heavy atom. The molecule has 2 aromatic rings. The summed E-state index contributed by atoms with van der Waals surface area (Å²) in [5.74, 6) is 0.251. The van der Waals surface area contributed by atoms with Crippen molar-refractivity contribution in [2.45, 2.75) is 6.54 Å². The van der Waals surface area contributed by atoms with Crippen LogP contribution in [-0.4, -0.2) is 38.1 Å². The normalized spacial score (nSPS) is 10.3. The lowest BCUT2D eigenvalue weighted by molar-refractivity contribution is 0.0781. The summed E-state index contributed by atoms with van der Waals surface area (Å²) in [6, 6.07) is 4.40. The average molecular weight is 247 g/mol. The second kappa shape index (κ2) is 4.74. The summed E-state index contributed by atoms with van der Waals surface area (Å²) in [6.07, 6.45) is 1.38. The highest BCUT2D eigenvalue weighted by Crippen LogP contribution is 2.21. The number of hydrogen-bond acceptors (Lipinski definition) is 5. The minimum Gasteiger partial charge on any atom is -0.506 e. The molecule has 0 fully saturated rings. The number of nitrogen functional groups attached to an aromatic ring is 1. The number of benzene rings is 1. The Morgan fingerprint density at radius 3 is 2.94 bits per heavy atom. The number of H-pyrrole nitrogens is 1. The molecule has 1 amide bonds. The van der Waals surface area contributed by atoms with Gasteiger partial charge in [0.25, 0.3) is 5.91 Å². The Morgan fingerprint density at radius 2 is 2.33 bits per heavy atom. The second-order valence-corrected chi connectivity index (χ2v) is 3.87. The summed E-state index contributed by atoms with van der Waals surface area (Å²) in [7, 11) is 1.64. The Hall–Kier alpha value is -2.57. The number of amides is 1. The number of hydrogen-bond donors (Lipinski definition) is 3. The molecule has 0 aliphatic heterocycles. The van der Waals surface area contributed by atoms with Crippen molar-refractivity contribution in [2.24, 2.45) is 0 Å². The average Bonchev–Trinajstić information content (AvgIpc) is 2.84. The van der Waals surface area contributed by atoms with E-state index in [-0.39, 0.29) is 17.3 Å². The van der Waals surface area contributed by atoms with Gasteiger partial charge in [-0.3, -0.25) is 9.89 Å². The zero-order valence-electron chi connectivity index (χ0n) is 9.79. The van der Waals surface area contributed by atoms with Crippen molar-refractivity contribution < 1.29 is 9.90 Å². The van der Waals surface area contributed by atoms with E-state index in [1.54, 1.807) is 13.1 Å². The standard InChI is InChI=1S/C11H13N5O2/c1-16(5-10-13-6-14-15-10)11(18)7-2-3-8(12)9(17)4-7/h2-4,6,17H,5,12H2,1H3,(H,13,14,15). The van der Waals surface area contributed by atoms with E-state index in [1.165, 1.54) is 23.4 Å². The molecule has 0 radical (unpaired) electrons. The lowest BCUT2D eigenvalue weighted by atomic mass is 10.1. The number of carbonyl (C=O) groups excluding carboxylic acids is 1. The van der Waals surface area contributed by atoms with Gasteiger partial charge >= 0.3 is 0 Å². The van der Waals surface area contributed by atoms with Crippen LogP contribution in [0.3, 0.4) is 0 Å². The molecule has 1 aromatic heterocycles. The second-order valence-electron chi connectivity index (χ2n) is 3.87. The van der Waals surface area contributed by atoms with E-state index in [2.05, 4.69) is 15.2 Å². The van der Waals surface area contributed by atoms with E-state index in [0.717, 1.165) is 0 Å². The van der Waals surface area contributed by atoms with Crippen molar-refractivity contribution in [3.05, 3.63) is 35.9 Å². The number of carbonyl (C=O) groups is 1. The van der Waals surface area contributed by atoms with E-state index in [4.69, 9.17) is 5.73 Å². The van der Waals surface area contributed by atoms with Gasteiger partial charge in [0.15, 0.2) is 0 Å². The van der Waals surface area contributed by atoms with Crippen molar-refractivity contribution >= 4 is 11.6 Å². The van der Waals surface area contributed by atoms with Gasteiger partial charge < -0.3 is 15.7 Å². The summed E-state index contributed by atoms with van der Waals surface area (Å²) >= 11 is 0. The highest BCUT2D eigenvalue weighted by atomic mass is 16.3. The summed E-state index contributed by atoms with van der Waals surface area (Å²) in [5.41, 5.74) is 6.08. The van der Waals surface area contributed by atoms with Crippen LogP contribution in [0.5, 0.6) is 5.75 Å². The first-order chi connectivity index (χ1) is 8.58. The molecule has 1 aromatic carbocycles. The van der Waals surface area contributed by atoms with Gasteiger partial charge in [-0.25, -0.2) is 4.98 Å². The fraction of sp³-hybridized carbons (Fsp3) is 0.182. The molecule has 0 aliphatic rings. The van der Waals surface area contributed by atoms with Crippen molar-refractivity contribution in [2.75, 3.05) is 12.8 Å². The molecule has 7 nitrogen and oxygen atoms in total. The van der Waals surface area contributed by atoms with E-state index in [1.807, 2.05) is 0 Å². The Balaban J connectivity index is 2.12. The molecule has 2 rings (SSSR count). The van der Waals surface area contributed by atoms with Gasteiger partial charge in [-0.2, -0.15) is 5.10 Å². The molecule has 1 heterocycles. The number of nitrogens with one attached hydrogen (secondary N) is 1. The zero-order chi connectivity index (χ0) is 13.1. The number of nitrogens with two attached hydrogens (primary N) is 1. The lowest BCUT2D eigenvalue weighted by Crippen LogP contribution is -2.26. The van der Waals surface area contributed by atoms with Crippen LogP contribution in [0, 0.1) is 0 Å². The first kappa shape index (κ1) is 11.9. The van der Waals surface area contributed by atoms with Crippen LogP contribution >= 0.6 is 0 Å². The fourth-order valence-corrected chi connectivity index (χ4v) is 1.50. The largest absolute Gasteiger partial charge is 0.506 e. The molecular formula is C11H13N5O2. The summed E-state index contributed by atoms with van der Waals surface area (Å²) < 4.78 is 0. The Kier molecular flexibility index (Phi) is 3.13. The summed E-state index contributed by atoms with van der Waals surface area (Å²) in [6.45, 7) is 0.309. The minimum absolute atomic E-state index is 0.103. The van der Waals surface area contributed by atoms with Crippen LogP contribution < -0.4 is 5.73 Å². The number of phenols is 1. The summed E-state index contributed by atoms with van der Waals surface area (Å²) in [4.78, 5) is 17.4. The van der Waals surface area contributed by atoms with E-state index in [0.29, 0.717) is 17.9 Å². The van der Waals surface area contributed by atoms with Crippen molar-refractivity contribution in [1.29, 1.82) is 0 Å². The maximum Gasteiger partial charge on any atom is 0.254 e. The zero-order valence-corrected chi connectivity index (χ0v) is 9.79. The molecule has 94 valence electrons. The van der Waals surface area contributed by atoms with Crippen LogP contribution in [-0.2, 0) is 6.54 Å². The molecular weight excluding hydrogens is 234 g/mol. The third kappa shape index (κ3) is 2.40. The quantitative estimate of drug-likeness (QED) is 0.536. The number of rotatable bonds is 3. The van der Waals surface area contributed by atoms with Gasteiger partial charge in [-0.15, -0.1) is 0 Å². The van der Waals surface area contributed by atoms with Crippen LogP contribution in [0.15, 0.2) is 24.5 Å². The van der Waals surface area contributed by atoms with Gasteiger partial charge in [0, 0.05) is 12.6 Å². The number of phenolic OH excluding ortho intramolecular Hbond substituents is 1.